The van der Waals surface area contributed by atoms with Crippen molar-refractivity contribution in [1.82, 2.24) is 19.9 Å². The van der Waals surface area contributed by atoms with Gasteiger partial charge in [0.15, 0.2) is 5.65 Å². The van der Waals surface area contributed by atoms with Gasteiger partial charge >= 0.3 is 11.9 Å². The van der Waals surface area contributed by atoms with Crippen LogP contribution in [0.4, 0.5) is 4.39 Å². The number of nitrogens with zero attached hydrogens (tertiary/aromatic N) is 5. The summed E-state index contributed by atoms with van der Waals surface area (Å²) in [6.45, 7) is 9.18. The molecule has 2 N–H and O–H groups in total. The van der Waals surface area contributed by atoms with Gasteiger partial charge in [0.05, 0.1) is 43.7 Å². The number of carbonyl (C=O) groups is 1. The first-order valence-electron chi connectivity index (χ1n) is 11.3. The zero-order valence-corrected chi connectivity index (χ0v) is 20.0. The van der Waals surface area contributed by atoms with Crippen LogP contribution in [-0.2, 0) is 4.79 Å². The molecule has 0 amide bonds. The van der Waals surface area contributed by atoms with Crippen molar-refractivity contribution in [2.75, 3.05) is 26.7 Å². The Morgan fingerprint density at radius 2 is 2.14 bits per heavy atom. The maximum atomic E-state index is 15.1. The molecule has 9 nitrogen and oxygen atoms in total. The minimum atomic E-state index is -0.857. The zero-order valence-electron chi connectivity index (χ0n) is 20.0. The molecule has 0 aliphatic carbocycles. The zero-order chi connectivity index (χ0) is 25.1. The van der Waals surface area contributed by atoms with Gasteiger partial charge in [-0.05, 0) is 37.1 Å². The van der Waals surface area contributed by atoms with E-state index in [2.05, 4.69) is 26.7 Å². The lowest BCUT2D eigenvalue weighted by atomic mass is 10.0. The van der Waals surface area contributed by atoms with Crippen LogP contribution in [0.2, 0.25) is 0 Å². The topological polar surface area (TPSA) is 107 Å². The van der Waals surface area contributed by atoms with Gasteiger partial charge in [0.2, 0.25) is 5.88 Å². The lowest BCUT2D eigenvalue weighted by Crippen LogP contribution is -2.44. The number of rotatable bonds is 8. The summed E-state index contributed by atoms with van der Waals surface area (Å²) >= 11 is 0. The number of halogens is 1. The molecular formula is C25H28FN6O3+. The average Bonchev–Trinajstić information content (AvgIpc) is 3.26. The molecule has 1 unspecified atom stereocenters. The molecule has 0 fully saturated rings. The Morgan fingerprint density at radius 1 is 1.34 bits per heavy atom. The molecule has 0 saturated heterocycles. The maximum Gasteiger partial charge on any atom is 0.393 e. The third-order valence-corrected chi connectivity index (χ3v) is 5.80. The van der Waals surface area contributed by atoms with Gasteiger partial charge in [0.1, 0.15) is 17.8 Å². The van der Waals surface area contributed by atoms with E-state index in [0.29, 0.717) is 59.6 Å². The lowest BCUT2D eigenvalue weighted by Gasteiger charge is -2.24. The third-order valence-electron chi connectivity index (χ3n) is 5.80. The number of imidazole rings is 1. The molecule has 0 radical (unpaired) electrons. The number of aromatic amines is 1. The monoisotopic (exact) mass is 479 g/mol. The van der Waals surface area contributed by atoms with Crippen molar-refractivity contribution in [1.29, 1.82) is 0 Å². The number of methoxy groups -OCH3 is 1. The predicted molar refractivity (Wildman–Crippen MR) is 132 cm³/mol. The SMILES string of the molecule is C=[N+]1CC(c2ccc(-c3nc4nc(OC)ccc4[nH]3)c(F)c2)=CN=C1N(CCC)CC(C)C(=O)O. The fraction of sp³-hybridized carbons (Fsp3) is 0.320. The van der Waals surface area contributed by atoms with Crippen LogP contribution >= 0.6 is 0 Å². The molecular weight excluding hydrogens is 451 g/mol. The number of fused-ring (bicyclic) bond motifs is 1. The summed E-state index contributed by atoms with van der Waals surface area (Å²) in [5.74, 6) is -0.412. The Bertz CT molecular complexity index is 1350. The number of H-pyrrole nitrogens is 1. The quantitative estimate of drug-likeness (QED) is 0.478. The first-order chi connectivity index (χ1) is 16.8. The number of ether oxygens (including phenoxy) is 1. The van der Waals surface area contributed by atoms with Crippen LogP contribution < -0.4 is 4.74 Å². The van der Waals surface area contributed by atoms with Gasteiger partial charge in [-0.2, -0.15) is 4.98 Å². The van der Waals surface area contributed by atoms with Crippen molar-refractivity contribution >= 4 is 35.4 Å². The number of nitrogens with one attached hydrogen (secondary N) is 1. The molecule has 1 atom stereocenters. The fourth-order valence-electron chi connectivity index (χ4n) is 3.96. The molecule has 2 aromatic heterocycles. The number of hydrogen-bond acceptors (Lipinski definition) is 6. The smallest absolute Gasteiger partial charge is 0.393 e. The van der Waals surface area contributed by atoms with E-state index in [1.165, 1.54) is 13.2 Å². The summed E-state index contributed by atoms with van der Waals surface area (Å²) < 4.78 is 22.0. The van der Waals surface area contributed by atoms with Gasteiger partial charge in [-0.1, -0.05) is 18.0 Å². The number of aliphatic carboxylic acids is 1. The largest absolute Gasteiger partial charge is 0.481 e. The van der Waals surface area contributed by atoms with Crippen LogP contribution in [0.5, 0.6) is 5.88 Å². The van der Waals surface area contributed by atoms with Crippen LogP contribution in [0.3, 0.4) is 0 Å². The predicted octanol–water partition coefficient (Wildman–Crippen LogP) is 3.63. The molecule has 182 valence electrons. The first kappa shape index (κ1) is 24.1. The first-order valence-corrected chi connectivity index (χ1v) is 11.3. The summed E-state index contributed by atoms with van der Waals surface area (Å²) in [6, 6.07) is 8.44. The van der Waals surface area contributed by atoms with Gasteiger partial charge in [-0.3, -0.25) is 9.69 Å². The van der Waals surface area contributed by atoms with E-state index in [4.69, 9.17) is 4.74 Å². The van der Waals surface area contributed by atoms with Crippen LogP contribution in [0.25, 0.3) is 28.1 Å². The summed E-state index contributed by atoms with van der Waals surface area (Å²) in [4.78, 5) is 29.6. The van der Waals surface area contributed by atoms with E-state index in [-0.39, 0.29) is 0 Å². The average molecular weight is 480 g/mol. The van der Waals surface area contributed by atoms with Gasteiger partial charge in [-0.15, -0.1) is 0 Å². The molecule has 0 bridgehead atoms. The molecule has 35 heavy (non-hydrogen) atoms. The minimum absolute atomic E-state index is 0.328. The summed E-state index contributed by atoms with van der Waals surface area (Å²) in [6.07, 6.45) is 2.53. The Kier molecular flexibility index (Phi) is 6.90. The molecule has 1 aliphatic heterocycles. The molecule has 0 saturated carbocycles. The number of hydrogen-bond donors (Lipinski definition) is 2. The van der Waals surface area contributed by atoms with E-state index in [0.717, 1.165) is 12.0 Å². The van der Waals surface area contributed by atoms with Crippen LogP contribution in [0.15, 0.2) is 41.5 Å². The Labute approximate surface area is 202 Å². The highest BCUT2D eigenvalue weighted by atomic mass is 19.1. The molecule has 10 heteroatoms. The number of benzene rings is 1. The fourth-order valence-corrected chi connectivity index (χ4v) is 3.96. The second-order valence-corrected chi connectivity index (χ2v) is 8.47. The van der Waals surface area contributed by atoms with Crippen molar-refractivity contribution in [3.63, 3.8) is 0 Å². The van der Waals surface area contributed by atoms with Crippen molar-refractivity contribution < 1.29 is 23.6 Å². The van der Waals surface area contributed by atoms with E-state index in [1.807, 2.05) is 17.9 Å². The molecule has 0 spiro atoms. The second-order valence-electron chi connectivity index (χ2n) is 8.47. The normalized spacial score (nSPS) is 14.5. The van der Waals surface area contributed by atoms with Gasteiger partial charge < -0.3 is 14.8 Å². The second kappa shape index (κ2) is 10.0. The summed E-state index contributed by atoms with van der Waals surface area (Å²) in [7, 11) is 1.53. The third kappa shape index (κ3) is 5.06. The van der Waals surface area contributed by atoms with E-state index < -0.39 is 17.7 Å². The highest BCUT2D eigenvalue weighted by Crippen LogP contribution is 2.27. The van der Waals surface area contributed by atoms with Crippen LogP contribution in [0, 0.1) is 11.7 Å². The van der Waals surface area contributed by atoms with Crippen LogP contribution in [-0.4, -0.2) is 74.9 Å². The van der Waals surface area contributed by atoms with Gasteiger partial charge in [0.25, 0.3) is 0 Å². The number of pyridine rings is 1. The highest BCUT2D eigenvalue weighted by molar-refractivity contribution is 5.82. The number of aliphatic imine (C=N–C) groups is 1. The number of carboxylic acid groups (broad SMARTS) is 1. The Hall–Kier alpha value is -4.08. The van der Waals surface area contributed by atoms with Crippen molar-refractivity contribution in [3.05, 3.63) is 47.9 Å². The van der Waals surface area contributed by atoms with E-state index >= 15 is 4.39 Å². The standard InChI is InChI=1S/C25H27FN6O3/c1-5-10-32(13-15(2)24(33)34)25-27-12-17(14-31(25)3)16-6-7-18(19(26)11-16)22-28-20-8-9-21(35-4)29-23(20)30-22/h6-9,11-12,15H,3,5,10,13-14H2,1-2,4H3,(H-,28,29,30,33,34)/p+1. The summed E-state index contributed by atoms with van der Waals surface area (Å²) in [5, 5.41) is 9.29. The molecule has 3 heterocycles. The Morgan fingerprint density at radius 3 is 2.80 bits per heavy atom. The minimum Gasteiger partial charge on any atom is -0.481 e. The van der Waals surface area contributed by atoms with Crippen LogP contribution in [0.1, 0.15) is 25.8 Å². The summed E-state index contributed by atoms with van der Waals surface area (Å²) in [5.41, 5.74) is 2.94. The number of guanidine groups is 1. The lowest BCUT2D eigenvalue weighted by molar-refractivity contribution is -0.396. The molecule has 3 aromatic rings. The van der Waals surface area contributed by atoms with Crippen molar-refractivity contribution in [2.24, 2.45) is 10.9 Å². The Balaban J connectivity index is 1.59. The highest BCUT2D eigenvalue weighted by Gasteiger charge is 2.29. The van der Waals surface area contributed by atoms with Crippen molar-refractivity contribution in [2.45, 2.75) is 20.3 Å². The molecule has 4 rings (SSSR count). The van der Waals surface area contributed by atoms with Gasteiger partial charge in [0, 0.05) is 18.4 Å². The van der Waals surface area contributed by atoms with Gasteiger partial charge in [-0.25, -0.2) is 13.9 Å². The van der Waals surface area contributed by atoms with E-state index in [1.54, 1.807) is 35.9 Å². The molecule has 1 aliphatic rings. The number of carboxylic acids is 1. The maximum absolute atomic E-state index is 15.1. The number of aromatic nitrogens is 3. The van der Waals surface area contributed by atoms with Crippen molar-refractivity contribution in [3.8, 4) is 17.3 Å². The van der Waals surface area contributed by atoms with E-state index in [9.17, 15) is 9.90 Å². The molecule has 1 aromatic carbocycles.